The molecule has 0 aliphatic heterocycles. The third-order valence-corrected chi connectivity index (χ3v) is 5.15. The van der Waals surface area contributed by atoms with Crippen LogP contribution in [0.3, 0.4) is 0 Å². The number of hydrogen-bond acceptors (Lipinski definition) is 4. The SMILES string of the molecule is CC(=O)Nc1ccc(C(=O)Nc2cccc(S(=O)(=O)N(C)C)c2)cc1. The second kappa shape index (κ2) is 7.45. The van der Waals surface area contributed by atoms with Gasteiger partial charge in [-0.15, -0.1) is 0 Å². The zero-order valence-corrected chi connectivity index (χ0v) is 14.9. The Bertz CT molecular complexity index is 890. The number of hydrogen-bond donors (Lipinski definition) is 2. The number of amides is 2. The summed E-state index contributed by atoms with van der Waals surface area (Å²) in [5.41, 5.74) is 1.34. The number of carbonyl (C=O) groups is 2. The number of rotatable bonds is 5. The van der Waals surface area contributed by atoms with Crippen LogP contribution in [-0.4, -0.2) is 38.6 Å². The van der Waals surface area contributed by atoms with Gasteiger partial charge in [0.25, 0.3) is 5.91 Å². The molecular formula is C17H19N3O4S. The Morgan fingerprint density at radius 2 is 1.56 bits per heavy atom. The fourth-order valence-electron chi connectivity index (χ4n) is 2.06. The van der Waals surface area contributed by atoms with E-state index in [-0.39, 0.29) is 16.7 Å². The Balaban J connectivity index is 2.17. The second-order valence-corrected chi connectivity index (χ2v) is 7.68. The van der Waals surface area contributed by atoms with E-state index in [9.17, 15) is 18.0 Å². The van der Waals surface area contributed by atoms with Gasteiger partial charge in [0.15, 0.2) is 0 Å². The molecular weight excluding hydrogens is 342 g/mol. The van der Waals surface area contributed by atoms with Crippen molar-refractivity contribution in [2.75, 3.05) is 24.7 Å². The van der Waals surface area contributed by atoms with Gasteiger partial charge in [-0.1, -0.05) is 6.07 Å². The van der Waals surface area contributed by atoms with Crippen LogP contribution < -0.4 is 10.6 Å². The minimum absolute atomic E-state index is 0.0938. The monoisotopic (exact) mass is 361 g/mol. The van der Waals surface area contributed by atoms with E-state index in [2.05, 4.69) is 10.6 Å². The van der Waals surface area contributed by atoms with Crippen LogP contribution in [0.2, 0.25) is 0 Å². The third kappa shape index (κ3) is 4.65. The van der Waals surface area contributed by atoms with E-state index in [0.717, 1.165) is 4.31 Å². The van der Waals surface area contributed by atoms with Gasteiger partial charge in [-0.3, -0.25) is 9.59 Å². The van der Waals surface area contributed by atoms with Crippen molar-refractivity contribution in [1.29, 1.82) is 0 Å². The van der Waals surface area contributed by atoms with Gasteiger partial charge in [0.1, 0.15) is 0 Å². The molecule has 2 aromatic rings. The third-order valence-electron chi connectivity index (χ3n) is 3.34. The Labute approximate surface area is 146 Å². The average Bonchev–Trinajstić information content (AvgIpc) is 2.55. The predicted molar refractivity (Wildman–Crippen MR) is 96.0 cm³/mol. The van der Waals surface area contributed by atoms with Crippen molar-refractivity contribution in [3.63, 3.8) is 0 Å². The van der Waals surface area contributed by atoms with Gasteiger partial charge in [0.05, 0.1) is 4.90 Å². The van der Waals surface area contributed by atoms with Crippen molar-refractivity contribution < 1.29 is 18.0 Å². The van der Waals surface area contributed by atoms with Crippen LogP contribution in [0.4, 0.5) is 11.4 Å². The van der Waals surface area contributed by atoms with E-state index in [1.807, 2.05) is 0 Å². The summed E-state index contributed by atoms with van der Waals surface area (Å²) in [5, 5.41) is 5.27. The summed E-state index contributed by atoms with van der Waals surface area (Å²) >= 11 is 0. The predicted octanol–water partition coefficient (Wildman–Crippen LogP) is 2.15. The van der Waals surface area contributed by atoms with Crippen LogP contribution >= 0.6 is 0 Å². The normalized spacial score (nSPS) is 11.2. The molecule has 0 bridgehead atoms. The molecule has 0 unspecified atom stereocenters. The van der Waals surface area contributed by atoms with Crippen LogP contribution in [0.5, 0.6) is 0 Å². The lowest BCUT2D eigenvalue weighted by atomic mass is 10.2. The zero-order valence-electron chi connectivity index (χ0n) is 14.1. The van der Waals surface area contributed by atoms with Crippen molar-refractivity contribution in [1.82, 2.24) is 4.31 Å². The summed E-state index contributed by atoms with van der Waals surface area (Å²) in [5.74, 6) is -0.579. The van der Waals surface area contributed by atoms with Gasteiger partial charge in [-0.05, 0) is 42.5 Å². The van der Waals surface area contributed by atoms with Crippen molar-refractivity contribution in [2.45, 2.75) is 11.8 Å². The molecule has 0 radical (unpaired) electrons. The highest BCUT2D eigenvalue weighted by Gasteiger charge is 2.17. The fourth-order valence-corrected chi connectivity index (χ4v) is 3.00. The summed E-state index contributed by atoms with van der Waals surface area (Å²) in [6.07, 6.45) is 0. The van der Waals surface area contributed by atoms with E-state index in [0.29, 0.717) is 16.9 Å². The summed E-state index contributed by atoms with van der Waals surface area (Å²) in [4.78, 5) is 23.4. The van der Waals surface area contributed by atoms with Crippen LogP contribution in [0.15, 0.2) is 53.4 Å². The van der Waals surface area contributed by atoms with Crippen molar-refractivity contribution >= 4 is 33.2 Å². The molecule has 0 saturated carbocycles. The summed E-state index contributed by atoms with van der Waals surface area (Å²) in [7, 11) is -0.692. The molecule has 0 heterocycles. The molecule has 0 spiro atoms. The van der Waals surface area contributed by atoms with Gasteiger partial charge in [0.2, 0.25) is 15.9 Å². The molecule has 8 heteroatoms. The van der Waals surface area contributed by atoms with Crippen molar-refractivity contribution in [3.8, 4) is 0 Å². The standard InChI is InChI=1S/C17H19N3O4S/c1-12(21)18-14-9-7-13(8-10-14)17(22)19-15-5-4-6-16(11-15)25(23,24)20(2)3/h4-11H,1-3H3,(H,18,21)(H,19,22). The first-order valence-electron chi connectivity index (χ1n) is 7.42. The highest BCUT2D eigenvalue weighted by molar-refractivity contribution is 7.89. The molecule has 7 nitrogen and oxygen atoms in total. The minimum Gasteiger partial charge on any atom is -0.326 e. The largest absolute Gasteiger partial charge is 0.326 e. The molecule has 132 valence electrons. The summed E-state index contributed by atoms with van der Waals surface area (Å²) in [6, 6.07) is 12.4. The molecule has 0 aromatic heterocycles. The number of nitrogens with zero attached hydrogens (tertiary/aromatic N) is 1. The number of sulfonamides is 1. The Morgan fingerprint density at radius 3 is 2.12 bits per heavy atom. The van der Waals surface area contributed by atoms with E-state index >= 15 is 0 Å². The molecule has 2 amide bonds. The van der Waals surface area contributed by atoms with Gasteiger partial charge in [-0.2, -0.15) is 0 Å². The number of nitrogens with one attached hydrogen (secondary N) is 2. The fraction of sp³-hybridized carbons (Fsp3) is 0.176. The lowest BCUT2D eigenvalue weighted by Gasteiger charge is -2.13. The van der Waals surface area contributed by atoms with Crippen LogP contribution in [0.1, 0.15) is 17.3 Å². The molecule has 0 saturated heterocycles. The Kier molecular flexibility index (Phi) is 5.55. The smallest absolute Gasteiger partial charge is 0.255 e. The molecule has 2 rings (SSSR count). The summed E-state index contributed by atoms with van der Waals surface area (Å²) in [6.45, 7) is 1.40. The van der Waals surface area contributed by atoms with Crippen molar-refractivity contribution in [3.05, 3.63) is 54.1 Å². The van der Waals surface area contributed by atoms with Crippen LogP contribution in [0.25, 0.3) is 0 Å². The van der Waals surface area contributed by atoms with Crippen molar-refractivity contribution in [2.24, 2.45) is 0 Å². The number of carbonyl (C=O) groups excluding carboxylic acids is 2. The molecule has 2 N–H and O–H groups in total. The second-order valence-electron chi connectivity index (χ2n) is 5.53. The zero-order chi connectivity index (χ0) is 18.6. The van der Waals surface area contributed by atoms with E-state index in [1.54, 1.807) is 36.4 Å². The van der Waals surface area contributed by atoms with Gasteiger partial charge >= 0.3 is 0 Å². The molecule has 0 aliphatic carbocycles. The quantitative estimate of drug-likeness (QED) is 0.853. The maximum Gasteiger partial charge on any atom is 0.255 e. The lowest BCUT2D eigenvalue weighted by Crippen LogP contribution is -2.22. The molecule has 25 heavy (non-hydrogen) atoms. The van der Waals surface area contributed by atoms with Crippen LogP contribution in [0, 0.1) is 0 Å². The maximum absolute atomic E-state index is 12.3. The topological polar surface area (TPSA) is 95.6 Å². The molecule has 2 aromatic carbocycles. The lowest BCUT2D eigenvalue weighted by molar-refractivity contribution is -0.114. The van der Waals surface area contributed by atoms with E-state index in [4.69, 9.17) is 0 Å². The minimum atomic E-state index is -3.58. The first-order valence-corrected chi connectivity index (χ1v) is 8.86. The van der Waals surface area contributed by atoms with Gasteiger partial charge in [0, 0.05) is 38.0 Å². The summed E-state index contributed by atoms with van der Waals surface area (Å²) < 4.78 is 25.4. The first kappa shape index (κ1) is 18.6. The number of anilines is 2. The molecule has 0 atom stereocenters. The maximum atomic E-state index is 12.3. The average molecular weight is 361 g/mol. The molecule has 0 aliphatic rings. The highest BCUT2D eigenvalue weighted by Crippen LogP contribution is 2.19. The van der Waals surface area contributed by atoms with Gasteiger partial charge < -0.3 is 10.6 Å². The number of benzene rings is 2. The Morgan fingerprint density at radius 1 is 0.920 bits per heavy atom. The van der Waals surface area contributed by atoms with Gasteiger partial charge in [-0.25, -0.2) is 12.7 Å². The van der Waals surface area contributed by atoms with E-state index < -0.39 is 10.0 Å². The van der Waals surface area contributed by atoms with Crippen LogP contribution in [-0.2, 0) is 14.8 Å². The molecule has 0 fully saturated rings. The highest BCUT2D eigenvalue weighted by atomic mass is 32.2. The first-order chi connectivity index (χ1) is 11.7. The van der Waals surface area contributed by atoms with E-state index in [1.165, 1.54) is 33.2 Å². The Hall–Kier alpha value is -2.71.